The third kappa shape index (κ3) is 5.10. The smallest absolute Gasteiger partial charge is 0.324 e. The first-order valence-corrected chi connectivity index (χ1v) is 8.19. The predicted octanol–water partition coefficient (Wildman–Crippen LogP) is 2.41. The van der Waals surface area contributed by atoms with Crippen LogP contribution in [0.2, 0.25) is 4.34 Å². The summed E-state index contributed by atoms with van der Waals surface area (Å²) >= 11 is 6.61. The fourth-order valence-electron chi connectivity index (χ4n) is 1.17. The second-order valence-corrected chi connectivity index (χ2v) is 8.59. The predicted molar refractivity (Wildman–Crippen MR) is 75.0 cm³/mol. The largest absolute Gasteiger partial charge is 0.459 e. The van der Waals surface area contributed by atoms with Crippen molar-refractivity contribution in [2.75, 3.05) is 0 Å². The van der Waals surface area contributed by atoms with Crippen molar-refractivity contribution >= 4 is 38.9 Å². The molecule has 19 heavy (non-hydrogen) atoms. The molecule has 1 atom stereocenters. The minimum absolute atomic E-state index is 0.0629. The van der Waals surface area contributed by atoms with Crippen molar-refractivity contribution in [2.45, 2.75) is 43.5 Å². The van der Waals surface area contributed by atoms with Gasteiger partial charge < -0.3 is 4.74 Å². The number of halogens is 1. The number of rotatable bonds is 4. The Bertz CT molecular complexity index is 559. The van der Waals surface area contributed by atoms with Gasteiger partial charge in [-0.15, -0.1) is 11.3 Å². The number of carbonyl (C=O) groups is 1. The van der Waals surface area contributed by atoms with Crippen molar-refractivity contribution in [1.82, 2.24) is 4.72 Å². The van der Waals surface area contributed by atoms with Gasteiger partial charge in [-0.1, -0.05) is 11.6 Å². The molecule has 0 aliphatic rings. The fourth-order valence-corrected chi connectivity index (χ4v) is 3.86. The van der Waals surface area contributed by atoms with Crippen molar-refractivity contribution in [1.29, 1.82) is 0 Å². The number of thiophene rings is 1. The zero-order chi connectivity index (χ0) is 14.8. The molecular formula is C11H16ClNO4S2. The summed E-state index contributed by atoms with van der Waals surface area (Å²) < 4.78 is 31.7. The molecule has 0 radical (unpaired) electrons. The Hall–Kier alpha value is -0.630. The third-order valence-electron chi connectivity index (χ3n) is 1.91. The lowest BCUT2D eigenvalue weighted by Gasteiger charge is -2.22. The van der Waals surface area contributed by atoms with Crippen molar-refractivity contribution < 1.29 is 17.9 Å². The summed E-state index contributed by atoms with van der Waals surface area (Å²) in [6.07, 6.45) is 0. The second-order valence-electron chi connectivity index (χ2n) is 4.93. The zero-order valence-electron chi connectivity index (χ0n) is 11.1. The number of sulfonamides is 1. The van der Waals surface area contributed by atoms with Crippen LogP contribution in [0.3, 0.4) is 0 Å². The molecule has 0 saturated heterocycles. The van der Waals surface area contributed by atoms with Crippen LogP contribution in [0.5, 0.6) is 0 Å². The van der Waals surface area contributed by atoms with Gasteiger partial charge >= 0.3 is 5.97 Å². The average Bonchev–Trinajstić information content (AvgIpc) is 2.62. The molecule has 108 valence electrons. The normalized spacial score (nSPS) is 14.2. The molecule has 5 nitrogen and oxygen atoms in total. The molecule has 1 aromatic heterocycles. The van der Waals surface area contributed by atoms with Crippen molar-refractivity contribution in [3.8, 4) is 0 Å². The van der Waals surface area contributed by atoms with Gasteiger partial charge in [0.05, 0.1) is 4.34 Å². The average molecular weight is 326 g/mol. The minimum Gasteiger partial charge on any atom is -0.459 e. The maximum absolute atomic E-state index is 12.0. The molecule has 1 heterocycles. The van der Waals surface area contributed by atoms with Crippen molar-refractivity contribution in [3.05, 3.63) is 16.5 Å². The number of nitrogens with one attached hydrogen (secondary N) is 1. The topological polar surface area (TPSA) is 72.5 Å². The summed E-state index contributed by atoms with van der Waals surface area (Å²) in [6, 6.07) is 1.90. The molecule has 0 amide bonds. The number of carbonyl (C=O) groups excluding carboxylic acids is 1. The number of hydrogen-bond donors (Lipinski definition) is 1. The molecular weight excluding hydrogens is 310 g/mol. The van der Waals surface area contributed by atoms with Crippen molar-refractivity contribution in [3.63, 3.8) is 0 Å². The maximum atomic E-state index is 12.0. The molecule has 0 aliphatic carbocycles. The van der Waals surface area contributed by atoms with Gasteiger partial charge in [-0.3, -0.25) is 4.79 Å². The van der Waals surface area contributed by atoms with E-state index >= 15 is 0 Å². The first-order valence-electron chi connectivity index (χ1n) is 5.52. The summed E-state index contributed by atoms with van der Waals surface area (Å²) in [5.74, 6) is -0.626. The molecule has 1 N–H and O–H groups in total. The van der Waals surface area contributed by atoms with Crippen LogP contribution in [-0.2, 0) is 19.6 Å². The van der Waals surface area contributed by atoms with Crippen LogP contribution in [-0.4, -0.2) is 26.0 Å². The first-order chi connectivity index (χ1) is 8.51. The van der Waals surface area contributed by atoms with Crippen LogP contribution < -0.4 is 4.72 Å². The van der Waals surface area contributed by atoms with E-state index in [-0.39, 0.29) is 4.21 Å². The summed E-state index contributed by atoms with van der Waals surface area (Å²) in [5.41, 5.74) is -0.664. The quantitative estimate of drug-likeness (QED) is 0.863. The van der Waals surface area contributed by atoms with E-state index in [4.69, 9.17) is 16.3 Å². The number of ether oxygens (including phenoxy) is 1. The van der Waals surface area contributed by atoms with E-state index in [0.717, 1.165) is 11.3 Å². The molecule has 0 saturated carbocycles. The van der Waals surface area contributed by atoms with Gasteiger partial charge in [0, 0.05) is 0 Å². The van der Waals surface area contributed by atoms with Gasteiger partial charge in [0.25, 0.3) is 10.0 Å². The van der Waals surface area contributed by atoms with Gasteiger partial charge in [-0.2, -0.15) is 4.72 Å². The number of hydrogen-bond acceptors (Lipinski definition) is 5. The SMILES string of the molecule is C[C@@H](NS(=O)(=O)c1ccc(Cl)s1)C(=O)OC(C)(C)C. The lowest BCUT2D eigenvalue weighted by atomic mass is 10.2. The van der Waals surface area contributed by atoms with E-state index < -0.39 is 27.6 Å². The van der Waals surface area contributed by atoms with E-state index in [2.05, 4.69) is 4.72 Å². The lowest BCUT2D eigenvalue weighted by Crippen LogP contribution is -2.41. The highest BCUT2D eigenvalue weighted by molar-refractivity contribution is 7.91. The Morgan fingerprint density at radius 3 is 2.42 bits per heavy atom. The summed E-state index contributed by atoms with van der Waals surface area (Å²) in [5, 5.41) is 0. The number of esters is 1. The molecule has 0 unspecified atom stereocenters. The van der Waals surface area contributed by atoms with Crippen LogP contribution in [0.25, 0.3) is 0 Å². The molecule has 1 rings (SSSR count). The van der Waals surface area contributed by atoms with Crippen LogP contribution in [0.15, 0.2) is 16.3 Å². The highest BCUT2D eigenvalue weighted by Crippen LogP contribution is 2.25. The monoisotopic (exact) mass is 325 g/mol. The molecule has 0 aliphatic heterocycles. The highest BCUT2D eigenvalue weighted by atomic mass is 35.5. The van der Waals surface area contributed by atoms with E-state index in [9.17, 15) is 13.2 Å². The lowest BCUT2D eigenvalue weighted by molar-refractivity contribution is -0.156. The van der Waals surface area contributed by atoms with Crippen LogP contribution >= 0.6 is 22.9 Å². The maximum Gasteiger partial charge on any atom is 0.324 e. The Labute approximate surface area is 122 Å². The fraction of sp³-hybridized carbons (Fsp3) is 0.545. The Balaban J connectivity index is 2.76. The first kappa shape index (κ1) is 16.4. The van der Waals surface area contributed by atoms with E-state index in [0.29, 0.717) is 4.34 Å². The van der Waals surface area contributed by atoms with Gasteiger partial charge in [0.1, 0.15) is 15.9 Å². The second kappa shape index (κ2) is 5.78. The van der Waals surface area contributed by atoms with Gasteiger partial charge in [-0.05, 0) is 39.8 Å². The van der Waals surface area contributed by atoms with Crippen LogP contribution in [0.1, 0.15) is 27.7 Å². The summed E-state index contributed by atoms with van der Waals surface area (Å²) in [4.78, 5) is 11.7. The highest BCUT2D eigenvalue weighted by Gasteiger charge is 2.27. The van der Waals surface area contributed by atoms with E-state index in [1.807, 2.05) is 0 Å². The summed E-state index contributed by atoms with van der Waals surface area (Å²) in [6.45, 7) is 6.57. The van der Waals surface area contributed by atoms with Crippen molar-refractivity contribution in [2.24, 2.45) is 0 Å². The molecule has 1 aromatic rings. The van der Waals surface area contributed by atoms with Crippen LogP contribution in [0, 0.1) is 0 Å². The molecule has 0 fully saturated rings. The van der Waals surface area contributed by atoms with E-state index in [1.54, 1.807) is 20.8 Å². The Morgan fingerprint density at radius 2 is 2.00 bits per heavy atom. The minimum atomic E-state index is -3.76. The van der Waals surface area contributed by atoms with Gasteiger partial charge in [0.2, 0.25) is 0 Å². The van der Waals surface area contributed by atoms with E-state index in [1.165, 1.54) is 19.1 Å². The van der Waals surface area contributed by atoms with Gasteiger partial charge in [-0.25, -0.2) is 8.42 Å². The standard InChI is InChI=1S/C11H16ClNO4S2/c1-7(10(14)17-11(2,3)4)13-19(15,16)9-6-5-8(12)18-9/h5-7,13H,1-4H3/t7-/m1/s1. The Kier molecular flexibility index (Phi) is 5.00. The van der Waals surface area contributed by atoms with Gasteiger partial charge in [0.15, 0.2) is 0 Å². The summed E-state index contributed by atoms with van der Waals surface area (Å²) in [7, 11) is -3.76. The zero-order valence-corrected chi connectivity index (χ0v) is 13.4. The molecule has 0 spiro atoms. The van der Waals surface area contributed by atoms with Crippen LogP contribution in [0.4, 0.5) is 0 Å². The molecule has 8 heteroatoms. The third-order valence-corrected chi connectivity index (χ3v) is 5.17. The Morgan fingerprint density at radius 1 is 1.42 bits per heavy atom. The molecule has 0 aromatic carbocycles. The molecule has 0 bridgehead atoms.